The summed E-state index contributed by atoms with van der Waals surface area (Å²) in [5, 5.41) is 3.49. The van der Waals surface area contributed by atoms with Crippen LogP contribution in [-0.2, 0) is 16.1 Å². The van der Waals surface area contributed by atoms with Gasteiger partial charge in [-0.3, -0.25) is 4.79 Å². The van der Waals surface area contributed by atoms with Crippen molar-refractivity contribution in [3.05, 3.63) is 29.8 Å². The molecule has 0 spiro atoms. The van der Waals surface area contributed by atoms with Crippen LogP contribution in [0.4, 0.5) is 5.69 Å². The number of nitrogens with one attached hydrogen (secondary N) is 1. The van der Waals surface area contributed by atoms with E-state index in [4.69, 9.17) is 4.74 Å². The molecule has 104 valence electrons. The van der Waals surface area contributed by atoms with Crippen molar-refractivity contribution < 1.29 is 9.53 Å². The van der Waals surface area contributed by atoms with E-state index in [1.54, 1.807) is 0 Å². The van der Waals surface area contributed by atoms with Crippen LogP contribution in [0.5, 0.6) is 0 Å². The molecule has 0 aliphatic carbocycles. The van der Waals surface area contributed by atoms with Gasteiger partial charge in [-0.05, 0) is 18.6 Å². The first-order chi connectivity index (χ1) is 9.11. The van der Waals surface area contributed by atoms with E-state index in [0.717, 1.165) is 13.1 Å². The Balaban J connectivity index is 2.20. The van der Waals surface area contributed by atoms with Gasteiger partial charge in [0.15, 0.2) is 0 Å². The maximum atomic E-state index is 11.6. The smallest absolute Gasteiger partial charge is 0.310 e. The molecule has 1 aromatic carbocycles. The highest BCUT2D eigenvalue weighted by Gasteiger charge is 2.23. The van der Waals surface area contributed by atoms with Gasteiger partial charge < -0.3 is 15.0 Å². The van der Waals surface area contributed by atoms with Crippen molar-refractivity contribution in [1.29, 1.82) is 0 Å². The molecule has 0 saturated carbocycles. The predicted octanol–water partition coefficient (Wildman–Crippen LogP) is 1.79. The molecule has 1 N–H and O–H groups in total. The lowest BCUT2D eigenvalue weighted by Gasteiger charge is -2.28. The van der Waals surface area contributed by atoms with Crippen LogP contribution in [0.2, 0.25) is 0 Å². The number of nitrogens with zero attached hydrogens (tertiary/aromatic N) is 1. The Kier molecular flexibility index (Phi) is 4.43. The number of esters is 1. The summed E-state index contributed by atoms with van der Waals surface area (Å²) < 4.78 is 4.82. The molecule has 4 heteroatoms. The quantitative estimate of drug-likeness (QED) is 0.843. The van der Waals surface area contributed by atoms with Crippen LogP contribution in [0.1, 0.15) is 19.4 Å². The molecule has 0 radical (unpaired) electrons. The van der Waals surface area contributed by atoms with E-state index in [1.807, 2.05) is 13.0 Å². The Morgan fingerprint density at radius 1 is 1.53 bits per heavy atom. The number of methoxy groups -OCH3 is 1. The van der Waals surface area contributed by atoms with Crippen molar-refractivity contribution in [3.8, 4) is 0 Å². The largest absolute Gasteiger partial charge is 0.469 e. The van der Waals surface area contributed by atoms with E-state index in [0.29, 0.717) is 12.6 Å². The zero-order valence-electron chi connectivity index (χ0n) is 11.8. The second-order valence-corrected chi connectivity index (χ2v) is 5.24. The van der Waals surface area contributed by atoms with Gasteiger partial charge in [0.05, 0.1) is 13.0 Å². The van der Waals surface area contributed by atoms with E-state index in [2.05, 4.69) is 35.3 Å². The van der Waals surface area contributed by atoms with E-state index in [1.165, 1.54) is 18.4 Å². The fraction of sp³-hybridized carbons (Fsp3) is 0.533. The summed E-state index contributed by atoms with van der Waals surface area (Å²) in [6.45, 7) is 6.55. The highest BCUT2D eigenvalue weighted by molar-refractivity contribution is 5.73. The highest BCUT2D eigenvalue weighted by atomic mass is 16.5. The summed E-state index contributed by atoms with van der Waals surface area (Å²) in [7, 11) is 1.44. The first-order valence-electron chi connectivity index (χ1n) is 6.76. The molecule has 0 saturated heterocycles. The first kappa shape index (κ1) is 13.9. The third-order valence-corrected chi connectivity index (χ3v) is 3.57. The van der Waals surface area contributed by atoms with Crippen molar-refractivity contribution in [2.24, 2.45) is 5.92 Å². The molecule has 4 nitrogen and oxygen atoms in total. The average Bonchev–Trinajstić information content (AvgIpc) is 2.58. The van der Waals surface area contributed by atoms with Crippen molar-refractivity contribution in [3.63, 3.8) is 0 Å². The van der Waals surface area contributed by atoms with E-state index < -0.39 is 0 Å². The van der Waals surface area contributed by atoms with Gasteiger partial charge >= 0.3 is 5.97 Å². The molecule has 1 aromatic rings. The number of hydrogen-bond acceptors (Lipinski definition) is 4. The number of anilines is 1. The summed E-state index contributed by atoms with van der Waals surface area (Å²) in [5.74, 6) is -0.273. The average molecular weight is 262 g/mol. The Morgan fingerprint density at radius 3 is 3.00 bits per heavy atom. The zero-order chi connectivity index (χ0) is 13.8. The fourth-order valence-corrected chi connectivity index (χ4v) is 2.53. The molecule has 0 fully saturated rings. The number of carbonyl (C=O) groups is 1. The van der Waals surface area contributed by atoms with Gasteiger partial charge in [0.1, 0.15) is 0 Å². The van der Waals surface area contributed by atoms with Gasteiger partial charge in [-0.2, -0.15) is 0 Å². The van der Waals surface area contributed by atoms with E-state index in [-0.39, 0.29) is 11.9 Å². The van der Waals surface area contributed by atoms with Crippen LogP contribution in [0.3, 0.4) is 0 Å². The number of benzene rings is 1. The Morgan fingerprint density at radius 2 is 2.26 bits per heavy atom. The number of rotatable bonds is 3. The third-order valence-electron chi connectivity index (χ3n) is 3.57. The Labute approximate surface area is 114 Å². The maximum Gasteiger partial charge on any atom is 0.310 e. The predicted molar refractivity (Wildman–Crippen MR) is 76.1 cm³/mol. The third kappa shape index (κ3) is 3.26. The zero-order valence-corrected chi connectivity index (χ0v) is 11.8. The van der Waals surface area contributed by atoms with Crippen molar-refractivity contribution >= 4 is 11.7 Å². The number of para-hydroxylation sites is 1. The van der Waals surface area contributed by atoms with E-state index >= 15 is 0 Å². The minimum Gasteiger partial charge on any atom is -0.469 e. The molecule has 19 heavy (non-hydrogen) atoms. The Hall–Kier alpha value is -1.55. The molecular formula is C15H22N2O2. The number of fused-ring (bicyclic) bond motifs is 1. The molecule has 1 aliphatic heterocycles. The lowest BCUT2D eigenvalue weighted by atomic mass is 10.1. The molecule has 0 bridgehead atoms. The summed E-state index contributed by atoms with van der Waals surface area (Å²) >= 11 is 0. The molecule has 2 atom stereocenters. The topological polar surface area (TPSA) is 41.6 Å². The van der Waals surface area contributed by atoms with Gasteiger partial charge in [-0.25, -0.2) is 0 Å². The van der Waals surface area contributed by atoms with Gasteiger partial charge in [0, 0.05) is 31.4 Å². The second kappa shape index (κ2) is 6.06. The van der Waals surface area contributed by atoms with Gasteiger partial charge in [-0.1, -0.05) is 25.1 Å². The number of hydrogen-bond donors (Lipinski definition) is 1. The summed E-state index contributed by atoms with van der Waals surface area (Å²) in [6, 6.07) is 8.76. The van der Waals surface area contributed by atoms with Crippen LogP contribution >= 0.6 is 0 Å². The van der Waals surface area contributed by atoms with Crippen molar-refractivity contribution in [1.82, 2.24) is 5.32 Å². The fourth-order valence-electron chi connectivity index (χ4n) is 2.53. The van der Waals surface area contributed by atoms with Crippen LogP contribution < -0.4 is 10.2 Å². The van der Waals surface area contributed by atoms with Gasteiger partial charge in [0.2, 0.25) is 0 Å². The second-order valence-electron chi connectivity index (χ2n) is 5.24. The monoisotopic (exact) mass is 262 g/mol. The van der Waals surface area contributed by atoms with Crippen molar-refractivity contribution in [2.45, 2.75) is 26.4 Å². The van der Waals surface area contributed by atoms with Crippen LogP contribution in [0.25, 0.3) is 0 Å². The van der Waals surface area contributed by atoms with Crippen molar-refractivity contribution in [2.75, 3.05) is 25.1 Å². The standard InChI is InChI=1S/C15H22N2O2/c1-11(15(18)19-3)9-17-10-12(2)16-8-13-6-4-5-7-14(13)17/h4-7,11-12,16H,8-10H2,1-3H3. The molecule has 1 aliphatic rings. The summed E-state index contributed by atoms with van der Waals surface area (Å²) in [5.41, 5.74) is 2.50. The van der Waals surface area contributed by atoms with Crippen LogP contribution in [-0.4, -0.2) is 32.2 Å². The normalized spacial score (nSPS) is 20.4. The maximum absolute atomic E-state index is 11.6. The minimum absolute atomic E-state index is 0.122. The van der Waals surface area contributed by atoms with E-state index in [9.17, 15) is 4.79 Å². The van der Waals surface area contributed by atoms with Crippen LogP contribution in [0.15, 0.2) is 24.3 Å². The van der Waals surface area contributed by atoms with Gasteiger partial charge in [0.25, 0.3) is 0 Å². The Bertz CT molecular complexity index is 448. The summed E-state index contributed by atoms with van der Waals surface area (Å²) in [4.78, 5) is 13.9. The lowest BCUT2D eigenvalue weighted by molar-refractivity contribution is -0.144. The highest BCUT2D eigenvalue weighted by Crippen LogP contribution is 2.24. The first-order valence-corrected chi connectivity index (χ1v) is 6.76. The van der Waals surface area contributed by atoms with Gasteiger partial charge in [-0.15, -0.1) is 0 Å². The summed E-state index contributed by atoms with van der Waals surface area (Å²) in [6.07, 6.45) is 0. The minimum atomic E-state index is -0.151. The number of ether oxygens (including phenoxy) is 1. The molecule has 1 heterocycles. The SMILES string of the molecule is COC(=O)C(C)CN1CC(C)NCc2ccccc21. The molecule has 0 aromatic heterocycles. The lowest BCUT2D eigenvalue weighted by Crippen LogP contribution is -2.39. The molecule has 0 amide bonds. The molecular weight excluding hydrogens is 240 g/mol. The van der Waals surface area contributed by atoms with Crippen LogP contribution in [0, 0.1) is 5.92 Å². The molecule has 2 unspecified atom stereocenters. The number of carbonyl (C=O) groups excluding carboxylic acids is 1. The molecule has 2 rings (SSSR count).